The summed E-state index contributed by atoms with van der Waals surface area (Å²) in [6, 6.07) is 22.9. The molecule has 6 nitrogen and oxygen atoms in total. The van der Waals surface area contributed by atoms with E-state index < -0.39 is 0 Å². The highest BCUT2D eigenvalue weighted by atomic mass is 16.1. The second-order valence-electron chi connectivity index (χ2n) is 8.47. The summed E-state index contributed by atoms with van der Waals surface area (Å²) in [7, 11) is 0. The molecule has 1 amide bonds. The number of benzene rings is 2. The number of aryl methyl sites for hydroxylation is 2. The number of carbonyl (C=O) groups is 1. The number of nitrogens with zero attached hydrogens (tertiary/aromatic N) is 2. The fraction of sp³-hybridized carbons (Fsp3) is 0.179. The second kappa shape index (κ2) is 10.2. The lowest BCUT2D eigenvalue weighted by molar-refractivity contribution is 0.0950. The highest BCUT2D eigenvalue weighted by Gasteiger charge is 2.10. The van der Waals surface area contributed by atoms with Crippen LogP contribution in [-0.2, 0) is 19.5 Å². The van der Waals surface area contributed by atoms with Gasteiger partial charge in [0.25, 0.3) is 11.5 Å². The Morgan fingerprint density at radius 1 is 0.941 bits per heavy atom. The van der Waals surface area contributed by atoms with Gasteiger partial charge in [-0.2, -0.15) is 0 Å². The average Bonchev–Trinajstić information content (AvgIpc) is 2.81. The summed E-state index contributed by atoms with van der Waals surface area (Å²) < 4.78 is 1.68. The first-order valence-corrected chi connectivity index (χ1v) is 11.2. The number of amides is 1. The maximum absolute atomic E-state index is 12.8. The Kier molecular flexibility index (Phi) is 6.87. The smallest absolute Gasteiger partial charge is 0.251 e. The van der Waals surface area contributed by atoms with Crippen molar-refractivity contribution in [2.75, 3.05) is 5.73 Å². The topological polar surface area (TPSA) is 90.0 Å². The average molecular weight is 453 g/mol. The fourth-order valence-electron chi connectivity index (χ4n) is 4.03. The van der Waals surface area contributed by atoms with Gasteiger partial charge in [0.1, 0.15) is 5.82 Å². The second-order valence-corrected chi connectivity index (χ2v) is 8.47. The summed E-state index contributed by atoms with van der Waals surface area (Å²) in [6.07, 6.45) is 2.51. The van der Waals surface area contributed by atoms with Gasteiger partial charge < -0.3 is 15.6 Å². The van der Waals surface area contributed by atoms with Crippen molar-refractivity contribution < 1.29 is 4.79 Å². The Bertz CT molecular complexity index is 1350. The van der Waals surface area contributed by atoms with Gasteiger partial charge in [0.05, 0.1) is 6.54 Å². The summed E-state index contributed by atoms with van der Waals surface area (Å²) in [5.41, 5.74) is 12.5. The minimum Gasteiger partial charge on any atom is -0.384 e. The van der Waals surface area contributed by atoms with E-state index in [1.807, 2.05) is 62.4 Å². The van der Waals surface area contributed by atoms with E-state index in [0.717, 1.165) is 33.5 Å². The predicted octanol–water partition coefficient (Wildman–Crippen LogP) is 4.01. The Hall–Kier alpha value is -4.19. The normalized spacial score (nSPS) is 10.8. The van der Waals surface area contributed by atoms with E-state index in [1.54, 1.807) is 22.9 Å². The van der Waals surface area contributed by atoms with Crippen LogP contribution in [0.1, 0.15) is 43.9 Å². The van der Waals surface area contributed by atoms with Gasteiger partial charge in [-0.15, -0.1) is 0 Å². The number of anilines is 1. The van der Waals surface area contributed by atoms with Crippen molar-refractivity contribution in [1.29, 1.82) is 0 Å². The van der Waals surface area contributed by atoms with Crippen LogP contribution < -0.4 is 16.6 Å². The summed E-state index contributed by atoms with van der Waals surface area (Å²) >= 11 is 0. The third-order valence-corrected chi connectivity index (χ3v) is 5.87. The van der Waals surface area contributed by atoms with E-state index in [-0.39, 0.29) is 11.5 Å². The molecule has 4 rings (SSSR count). The number of nitrogens with one attached hydrogen (secondary N) is 1. The van der Waals surface area contributed by atoms with Crippen LogP contribution in [0.25, 0.3) is 0 Å². The molecule has 0 unspecified atom stereocenters. The summed E-state index contributed by atoms with van der Waals surface area (Å²) in [5.74, 6) is 0.362. The molecule has 0 aliphatic heterocycles. The summed E-state index contributed by atoms with van der Waals surface area (Å²) in [6.45, 7) is 4.81. The van der Waals surface area contributed by atoms with Gasteiger partial charge in [-0.1, -0.05) is 42.5 Å². The van der Waals surface area contributed by atoms with E-state index in [1.165, 1.54) is 0 Å². The molecule has 6 heteroatoms. The molecule has 0 saturated carbocycles. The SMILES string of the molecule is Cc1cc(N)nc(C)c1CNC(=O)c1cccc(Cc2ccc(Cn3ccccc3=O)cc2)c1. The molecule has 0 atom stereocenters. The van der Waals surface area contributed by atoms with Crippen LogP contribution in [0.5, 0.6) is 0 Å². The fourth-order valence-corrected chi connectivity index (χ4v) is 4.03. The maximum Gasteiger partial charge on any atom is 0.251 e. The zero-order valence-corrected chi connectivity index (χ0v) is 19.4. The molecule has 0 spiro atoms. The van der Waals surface area contributed by atoms with Gasteiger partial charge in [-0.25, -0.2) is 4.98 Å². The molecule has 2 heterocycles. The molecule has 3 N–H and O–H groups in total. The maximum atomic E-state index is 12.8. The minimum atomic E-state index is -0.124. The largest absolute Gasteiger partial charge is 0.384 e. The highest BCUT2D eigenvalue weighted by molar-refractivity contribution is 5.94. The quantitative estimate of drug-likeness (QED) is 0.443. The first kappa shape index (κ1) is 23.0. The van der Waals surface area contributed by atoms with Gasteiger partial charge in [0, 0.05) is 30.1 Å². The molecule has 172 valence electrons. The number of rotatable bonds is 7. The Morgan fingerprint density at radius 3 is 2.44 bits per heavy atom. The monoisotopic (exact) mass is 452 g/mol. The lowest BCUT2D eigenvalue weighted by Gasteiger charge is -2.12. The van der Waals surface area contributed by atoms with Crippen molar-refractivity contribution >= 4 is 11.7 Å². The predicted molar refractivity (Wildman–Crippen MR) is 135 cm³/mol. The number of hydrogen-bond acceptors (Lipinski definition) is 4. The minimum absolute atomic E-state index is 0.0142. The van der Waals surface area contributed by atoms with Crippen LogP contribution in [0, 0.1) is 13.8 Å². The molecule has 0 aliphatic rings. The molecule has 0 bridgehead atoms. The van der Waals surface area contributed by atoms with Gasteiger partial charge in [-0.3, -0.25) is 9.59 Å². The number of carbonyl (C=O) groups excluding carboxylic acids is 1. The van der Waals surface area contributed by atoms with Crippen LogP contribution in [-0.4, -0.2) is 15.5 Å². The molecular formula is C28H28N4O2. The molecule has 0 aliphatic carbocycles. The molecule has 4 aromatic rings. The molecule has 2 aromatic carbocycles. The van der Waals surface area contributed by atoms with Crippen molar-refractivity contribution in [3.8, 4) is 0 Å². The standard InChI is InChI=1S/C28H28N4O2/c1-19-14-26(29)31-20(2)25(19)17-30-28(34)24-7-5-6-23(16-24)15-21-9-11-22(12-10-21)18-32-13-4-3-8-27(32)33/h3-14,16H,15,17-18H2,1-2H3,(H2,29,31)(H,30,34). The van der Waals surface area contributed by atoms with Crippen molar-refractivity contribution in [1.82, 2.24) is 14.9 Å². The molecular weight excluding hydrogens is 424 g/mol. The van der Waals surface area contributed by atoms with Gasteiger partial charge in [0.2, 0.25) is 0 Å². The van der Waals surface area contributed by atoms with E-state index in [9.17, 15) is 9.59 Å². The lowest BCUT2D eigenvalue weighted by Crippen LogP contribution is -2.24. The van der Waals surface area contributed by atoms with Gasteiger partial charge in [-0.05, 0) is 72.4 Å². The number of aromatic nitrogens is 2. The van der Waals surface area contributed by atoms with E-state index >= 15 is 0 Å². The lowest BCUT2D eigenvalue weighted by atomic mass is 10.0. The highest BCUT2D eigenvalue weighted by Crippen LogP contribution is 2.16. The Labute approximate surface area is 199 Å². The Morgan fingerprint density at radius 2 is 1.71 bits per heavy atom. The van der Waals surface area contributed by atoms with Crippen molar-refractivity contribution in [3.05, 3.63) is 128 Å². The number of nitrogens with two attached hydrogens (primary N) is 1. The van der Waals surface area contributed by atoms with Gasteiger partial charge >= 0.3 is 0 Å². The third-order valence-electron chi connectivity index (χ3n) is 5.87. The molecule has 0 radical (unpaired) electrons. The molecule has 0 fully saturated rings. The number of nitrogen functional groups attached to an aromatic ring is 1. The zero-order chi connectivity index (χ0) is 24.1. The van der Waals surface area contributed by atoms with Crippen LogP contribution in [0.15, 0.2) is 83.8 Å². The van der Waals surface area contributed by atoms with E-state index in [0.29, 0.717) is 30.9 Å². The van der Waals surface area contributed by atoms with Gasteiger partial charge in [0.15, 0.2) is 0 Å². The number of hydrogen-bond donors (Lipinski definition) is 2. The summed E-state index contributed by atoms with van der Waals surface area (Å²) in [4.78, 5) is 29.0. The van der Waals surface area contributed by atoms with E-state index in [2.05, 4.69) is 22.4 Å². The zero-order valence-electron chi connectivity index (χ0n) is 19.4. The first-order chi connectivity index (χ1) is 16.4. The van der Waals surface area contributed by atoms with E-state index in [4.69, 9.17) is 5.73 Å². The summed E-state index contributed by atoms with van der Waals surface area (Å²) in [5, 5.41) is 3.00. The van der Waals surface area contributed by atoms with Crippen LogP contribution in [0.2, 0.25) is 0 Å². The molecule has 0 saturated heterocycles. The molecule has 34 heavy (non-hydrogen) atoms. The molecule has 2 aromatic heterocycles. The number of pyridine rings is 2. The third kappa shape index (κ3) is 5.59. The Balaban J connectivity index is 1.40. The van der Waals surface area contributed by atoms with Crippen LogP contribution >= 0.6 is 0 Å². The van der Waals surface area contributed by atoms with Crippen molar-refractivity contribution in [2.45, 2.75) is 33.4 Å². The van der Waals surface area contributed by atoms with Crippen molar-refractivity contribution in [2.24, 2.45) is 0 Å². The van der Waals surface area contributed by atoms with Crippen molar-refractivity contribution in [3.63, 3.8) is 0 Å². The first-order valence-electron chi connectivity index (χ1n) is 11.2. The van der Waals surface area contributed by atoms with Crippen LogP contribution in [0.4, 0.5) is 5.82 Å². The van der Waals surface area contributed by atoms with Crippen LogP contribution in [0.3, 0.4) is 0 Å².